The van der Waals surface area contributed by atoms with Crippen molar-refractivity contribution in [3.8, 4) is 0 Å². The van der Waals surface area contributed by atoms with Gasteiger partial charge >= 0.3 is 0 Å². The van der Waals surface area contributed by atoms with Crippen LogP contribution in [0.15, 0.2) is 35.3 Å². The van der Waals surface area contributed by atoms with Crippen molar-refractivity contribution < 1.29 is 0 Å². The number of nitrogens with one attached hydrogen (secondary N) is 1. The summed E-state index contributed by atoms with van der Waals surface area (Å²) in [6.45, 7) is 2.01. The summed E-state index contributed by atoms with van der Waals surface area (Å²) in [6.07, 6.45) is 0. The predicted molar refractivity (Wildman–Crippen MR) is 72.4 cm³/mol. The average Bonchev–Trinajstić information content (AvgIpc) is 2.19. The molecule has 3 N–H and O–H groups in total. The number of aliphatic imine (C=N–C) groups is 1. The summed E-state index contributed by atoms with van der Waals surface area (Å²) in [7, 11) is 0. The molecular weight excluding hydrogens is 226 g/mol. The van der Waals surface area contributed by atoms with E-state index in [1.54, 1.807) is 0 Å². The maximum atomic E-state index is 5.62. The number of para-hydroxylation sites is 1. The van der Waals surface area contributed by atoms with Crippen LogP contribution >= 0.6 is 24.0 Å². The zero-order chi connectivity index (χ0) is 11.1. The van der Waals surface area contributed by atoms with Gasteiger partial charge in [-0.25, -0.2) is 0 Å². The topological polar surface area (TPSA) is 50.4 Å². The number of hydrogen-bond donors (Lipinski definition) is 2. The Bertz CT molecular complexity index is 349. The van der Waals surface area contributed by atoms with Gasteiger partial charge in [0.15, 0.2) is 10.3 Å². The van der Waals surface area contributed by atoms with Crippen LogP contribution in [0.4, 0.5) is 5.69 Å². The van der Waals surface area contributed by atoms with E-state index in [1.807, 2.05) is 37.3 Å². The van der Waals surface area contributed by atoms with Crippen molar-refractivity contribution in [1.82, 2.24) is 0 Å². The molecule has 0 aliphatic carbocycles. The van der Waals surface area contributed by atoms with Crippen LogP contribution < -0.4 is 11.1 Å². The quantitative estimate of drug-likeness (QED) is 0.473. The first-order chi connectivity index (χ1) is 7.22. The first kappa shape index (κ1) is 12.0. The van der Waals surface area contributed by atoms with Crippen molar-refractivity contribution in [1.29, 1.82) is 0 Å². The van der Waals surface area contributed by atoms with Gasteiger partial charge in [0, 0.05) is 5.69 Å². The third kappa shape index (κ3) is 4.80. The summed E-state index contributed by atoms with van der Waals surface area (Å²) in [5.74, 6) is 0.892. The Hall–Kier alpha value is -1.07. The second-order valence-electron chi connectivity index (χ2n) is 2.68. The third-order valence-corrected chi connectivity index (χ3v) is 2.40. The van der Waals surface area contributed by atoms with Gasteiger partial charge in [-0.05, 0) is 30.1 Å². The highest BCUT2D eigenvalue weighted by Crippen LogP contribution is 2.06. The Morgan fingerprint density at radius 3 is 2.73 bits per heavy atom. The number of thiocarbonyl (C=S) groups is 1. The molecule has 0 unspecified atom stereocenters. The minimum Gasteiger partial charge on any atom is -0.378 e. The molecule has 0 amide bonds. The van der Waals surface area contributed by atoms with Crippen molar-refractivity contribution in [2.45, 2.75) is 6.92 Å². The Labute approximate surface area is 99.2 Å². The molecule has 0 fully saturated rings. The van der Waals surface area contributed by atoms with Crippen LogP contribution in [0.5, 0.6) is 0 Å². The van der Waals surface area contributed by atoms with Gasteiger partial charge in [-0.15, -0.1) is 0 Å². The third-order valence-electron chi connectivity index (χ3n) is 1.53. The molecule has 15 heavy (non-hydrogen) atoms. The fourth-order valence-corrected chi connectivity index (χ4v) is 1.68. The van der Waals surface area contributed by atoms with E-state index in [0.29, 0.717) is 10.3 Å². The second kappa shape index (κ2) is 6.42. The Morgan fingerprint density at radius 1 is 1.47 bits per heavy atom. The molecular formula is C10H13N3S2. The first-order valence-corrected chi connectivity index (χ1v) is 5.94. The van der Waals surface area contributed by atoms with Crippen LogP contribution in [0.1, 0.15) is 6.92 Å². The normalized spacial score (nSPS) is 11.1. The van der Waals surface area contributed by atoms with E-state index in [1.165, 1.54) is 11.8 Å². The van der Waals surface area contributed by atoms with Gasteiger partial charge in [0.2, 0.25) is 0 Å². The van der Waals surface area contributed by atoms with E-state index in [0.717, 1.165) is 11.4 Å². The van der Waals surface area contributed by atoms with Crippen LogP contribution in [0, 0.1) is 0 Å². The molecule has 0 spiro atoms. The highest BCUT2D eigenvalue weighted by molar-refractivity contribution is 8.13. The molecule has 1 aromatic carbocycles. The minimum atomic E-state index is 0.389. The van der Waals surface area contributed by atoms with E-state index in [9.17, 15) is 0 Å². The number of amidine groups is 1. The predicted octanol–water partition coefficient (Wildman–Crippen LogP) is 2.45. The van der Waals surface area contributed by atoms with Crippen molar-refractivity contribution in [3.05, 3.63) is 30.3 Å². The summed E-state index contributed by atoms with van der Waals surface area (Å²) < 4.78 is 0. The molecule has 0 aliphatic heterocycles. The van der Waals surface area contributed by atoms with Crippen LogP contribution in [-0.4, -0.2) is 16.0 Å². The second-order valence-corrected chi connectivity index (χ2v) is 4.35. The van der Waals surface area contributed by atoms with Crippen LogP contribution in [0.25, 0.3) is 0 Å². The summed E-state index contributed by atoms with van der Waals surface area (Å²) >= 11 is 6.50. The monoisotopic (exact) mass is 239 g/mol. The lowest BCUT2D eigenvalue weighted by molar-refractivity contribution is 1.53. The molecule has 5 heteroatoms. The van der Waals surface area contributed by atoms with Crippen LogP contribution in [0.3, 0.4) is 0 Å². The fraction of sp³-hybridized carbons (Fsp3) is 0.200. The number of nitrogens with two attached hydrogens (primary N) is 1. The molecule has 80 valence electrons. The molecule has 0 atom stereocenters. The van der Waals surface area contributed by atoms with Gasteiger partial charge in [-0.2, -0.15) is 4.99 Å². The molecule has 1 aromatic rings. The SMILES string of the molecule is CCS/C(N)=N\C(=S)Nc1ccccc1. The summed E-state index contributed by atoms with van der Waals surface area (Å²) in [4.78, 5) is 4.04. The Morgan fingerprint density at radius 2 is 2.13 bits per heavy atom. The maximum absolute atomic E-state index is 5.62. The number of hydrogen-bond acceptors (Lipinski definition) is 2. The summed E-state index contributed by atoms with van der Waals surface area (Å²) in [6, 6.07) is 9.65. The highest BCUT2D eigenvalue weighted by atomic mass is 32.2. The zero-order valence-electron chi connectivity index (χ0n) is 8.43. The zero-order valence-corrected chi connectivity index (χ0v) is 10.1. The van der Waals surface area contributed by atoms with Crippen molar-refractivity contribution in [2.24, 2.45) is 10.7 Å². The highest BCUT2D eigenvalue weighted by Gasteiger charge is 1.96. The molecule has 0 saturated heterocycles. The average molecular weight is 239 g/mol. The van der Waals surface area contributed by atoms with E-state index in [2.05, 4.69) is 10.3 Å². The lowest BCUT2D eigenvalue weighted by Crippen LogP contribution is -2.14. The van der Waals surface area contributed by atoms with Crippen molar-refractivity contribution >= 4 is 39.9 Å². The van der Waals surface area contributed by atoms with Crippen molar-refractivity contribution in [3.63, 3.8) is 0 Å². The van der Waals surface area contributed by atoms with E-state index in [-0.39, 0.29) is 0 Å². The minimum absolute atomic E-state index is 0.389. The number of thioether (sulfide) groups is 1. The summed E-state index contributed by atoms with van der Waals surface area (Å²) in [5, 5.41) is 3.86. The first-order valence-electron chi connectivity index (χ1n) is 4.55. The lowest BCUT2D eigenvalue weighted by atomic mass is 10.3. The summed E-state index contributed by atoms with van der Waals surface area (Å²) in [5.41, 5.74) is 6.54. The fourth-order valence-electron chi connectivity index (χ4n) is 0.953. The smallest absolute Gasteiger partial charge is 0.199 e. The molecule has 0 aliphatic rings. The van der Waals surface area contributed by atoms with Crippen LogP contribution in [0.2, 0.25) is 0 Å². The van der Waals surface area contributed by atoms with Gasteiger partial charge in [-0.3, -0.25) is 0 Å². The van der Waals surface area contributed by atoms with Gasteiger partial charge in [0.05, 0.1) is 0 Å². The molecule has 0 heterocycles. The van der Waals surface area contributed by atoms with E-state index in [4.69, 9.17) is 18.0 Å². The number of anilines is 1. The number of benzene rings is 1. The van der Waals surface area contributed by atoms with Gasteiger partial charge in [-0.1, -0.05) is 36.9 Å². The van der Waals surface area contributed by atoms with Crippen molar-refractivity contribution in [2.75, 3.05) is 11.1 Å². The van der Waals surface area contributed by atoms with E-state index >= 15 is 0 Å². The lowest BCUT2D eigenvalue weighted by Gasteiger charge is -2.03. The molecule has 3 nitrogen and oxygen atoms in total. The number of rotatable bonds is 2. The van der Waals surface area contributed by atoms with E-state index < -0.39 is 0 Å². The molecule has 1 rings (SSSR count). The Kier molecular flexibility index (Phi) is 5.14. The largest absolute Gasteiger partial charge is 0.378 e. The number of nitrogens with zero attached hydrogens (tertiary/aromatic N) is 1. The van der Waals surface area contributed by atoms with Crippen LogP contribution in [-0.2, 0) is 0 Å². The van der Waals surface area contributed by atoms with Gasteiger partial charge in [0.1, 0.15) is 0 Å². The maximum Gasteiger partial charge on any atom is 0.199 e. The molecule has 0 saturated carbocycles. The molecule has 0 bridgehead atoms. The molecule has 0 radical (unpaired) electrons. The van der Waals surface area contributed by atoms with Gasteiger partial charge in [0.25, 0.3) is 0 Å². The molecule has 0 aromatic heterocycles. The Balaban J connectivity index is 2.53. The standard InChI is InChI=1S/C10H13N3S2/c1-2-15-9(11)13-10(14)12-8-6-4-3-5-7-8/h3-7H,2H2,1H3,(H3,11,12,13,14). The van der Waals surface area contributed by atoms with Gasteiger partial charge < -0.3 is 11.1 Å².